The average Bonchev–Trinajstić information content (AvgIpc) is 1.35. The maximum atomic E-state index is 7.26. The lowest BCUT2D eigenvalue weighted by Crippen LogP contribution is -2.61. The quantitative estimate of drug-likeness (QED) is 0.128. The van der Waals surface area contributed by atoms with Crippen LogP contribution in [0.2, 0.25) is 0 Å². The van der Waals surface area contributed by atoms with Crippen LogP contribution in [0.25, 0.3) is 133 Å². The maximum absolute atomic E-state index is 7.26. The molecule has 0 atom stereocenters. The molecule has 4 nitrogen and oxygen atoms in total. The zero-order valence-electron chi connectivity index (χ0n) is 62.0. The number of para-hydroxylation sites is 2. The number of rotatable bonds is 10. The van der Waals surface area contributed by atoms with Gasteiger partial charge < -0.3 is 18.6 Å². The molecule has 2 aliphatic heterocycles. The van der Waals surface area contributed by atoms with Gasteiger partial charge in [-0.15, -0.1) is 0 Å². The van der Waals surface area contributed by atoms with Gasteiger partial charge in [0.25, 0.3) is 6.71 Å². The van der Waals surface area contributed by atoms with E-state index in [0.29, 0.717) is 0 Å². The van der Waals surface area contributed by atoms with Crippen molar-refractivity contribution in [2.75, 3.05) is 9.80 Å². The van der Waals surface area contributed by atoms with Gasteiger partial charge in [-0.25, -0.2) is 0 Å². The van der Waals surface area contributed by atoms with E-state index in [4.69, 9.17) is 8.83 Å². The Morgan fingerprint density at radius 2 is 0.533 bits per heavy atom. The molecule has 0 fully saturated rings. The molecule has 19 rings (SSSR count). The Bertz CT molecular complexity index is 5850. The first-order valence-electron chi connectivity index (χ1n) is 37.7. The smallest absolute Gasteiger partial charge is 0.252 e. The van der Waals surface area contributed by atoms with Gasteiger partial charge in [0.1, 0.15) is 22.3 Å². The van der Waals surface area contributed by atoms with Crippen LogP contribution in [0.5, 0.6) is 0 Å². The van der Waals surface area contributed by atoms with Gasteiger partial charge >= 0.3 is 0 Å². The second kappa shape index (κ2) is 25.1. The molecule has 17 aromatic rings. The van der Waals surface area contributed by atoms with E-state index in [1.807, 2.05) is 0 Å². The summed E-state index contributed by atoms with van der Waals surface area (Å²) in [6.45, 7) is 20.9. The van der Waals surface area contributed by atoms with Crippen molar-refractivity contribution < 1.29 is 8.83 Å². The minimum absolute atomic E-state index is 0.204. The van der Waals surface area contributed by atoms with Crippen molar-refractivity contribution in [3.05, 3.63) is 344 Å². The van der Waals surface area contributed by atoms with Crippen molar-refractivity contribution in [2.24, 2.45) is 0 Å². The molecular formula is C102H81BN2O2. The minimum Gasteiger partial charge on any atom is -0.455 e. The Hall–Kier alpha value is -12.4. The molecular weight excluding hydrogens is 1300 g/mol. The number of nitrogens with zero attached hydrogens (tertiary/aromatic N) is 2. The van der Waals surface area contributed by atoms with Crippen molar-refractivity contribution in [3.63, 3.8) is 0 Å². The van der Waals surface area contributed by atoms with Gasteiger partial charge in [-0.2, -0.15) is 0 Å². The predicted molar refractivity (Wildman–Crippen MR) is 455 cm³/mol. The Morgan fingerprint density at radius 1 is 0.243 bits per heavy atom. The zero-order valence-corrected chi connectivity index (χ0v) is 62.0. The Labute approximate surface area is 627 Å². The molecule has 0 saturated carbocycles. The lowest BCUT2D eigenvalue weighted by atomic mass is 9.33. The van der Waals surface area contributed by atoms with Crippen LogP contribution < -0.4 is 26.2 Å². The Kier molecular flexibility index (Phi) is 15.4. The first kappa shape index (κ1) is 65.3. The summed E-state index contributed by atoms with van der Waals surface area (Å²) in [5.74, 6) is 0. The fourth-order valence-corrected chi connectivity index (χ4v) is 17.1. The molecule has 2 aromatic heterocycles. The molecule has 0 N–H and O–H groups in total. The molecule has 2 aliphatic rings. The largest absolute Gasteiger partial charge is 0.455 e. The van der Waals surface area contributed by atoms with Crippen molar-refractivity contribution in [1.82, 2.24) is 0 Å². The Morgan fingerprint density at radius 3 is 0.850 bits per heavy atom. The van der Waals surface area contributed by atoms with Gasteiger partial charge in [-0.3, -0.25) is 0 Å². The summed E-state index contributed by atoms with van der Waals surface area (Å²) in [4.78, 5) is 5.39. The Balaban J connectivity index is 0.980. The van der Waals surface area contributed by atoms with Crippen LogP contribution in [-0.4, -0.2) is 6.71 Å². The van der Waals surface area contributed by atoms with Crippen molar-refractivity contribution in [2.45, 2.75) is 78.6 Å². The molecule has 0 spiro atoms. The van der Waals surface area contributed by atoms with E-state index >= 15 is 0 Å². The first-order chi connectivity index (χ1) is 52.0. The monoisotopic (exact) mass is 1380 g/mol. The van der Waals surface area contributed by atoms with Gasteiger partial charge in [0.15, 0.2) is 0 Å². The van der Waals surface area contributed by atoms with Crippen molar-refractivity contribution in [3.8, 4) is 89.0 Å². The standard InChI is InChI=1S/C102H81BN2O2/c1-100(2,3)72-58-81(66-36-20-12-21-37-66)96(82(59-72)67-38-22-13-23-39-67)104-87-54-52-70(77-46-28-48-79-93-75(64-32-16-10-17-33-64)44-30-50-91(93)106-98(77)79)56-85(87)103-86-57-71(78-47-29-49-80-94-76(65-34-18-11-19-35-65)45-31-51-92(94)107-99(78)80)53-55-88(86)105(90-63-74(102(7,8)9)62-89(104)95(90)103)97-83(68-40-24-14-25-41-68)60-73(101(4,5)6)61-84(97)69-42-26-15-27-43-69/h10-63H,1-9H3. The van der Waals surface area contributed by atoms with Gasteiger partial charge in [-0.1, -0.05) is 329 Å². The normalized spacial score (nSPS) is 12.9. The third-order valence-electron chi connectivity index (χ3n) is 22.5. The molecule has 0 unspecified atom stereocenters. The highest BCUT2D eigenvalue weighted by Crippen LogP contribution is 2.56. The molecule has 107 heavy (non-hydrogen) atoms. The summed E-state index contributed by atoms with van der Waals surface area (Å²) in [5.41, 5.74) is 34.7. The van der Waals surface area contributed by atoms with Crippen LogP contribution >= 0.6 is 0 Å². The number of hydrogen-bond donors (Lipinski definition) is 0. The molecule has 15 aromatic carbocycles. The van der Waals surface area contributed by atoms with E-state index in [2.05, 4.69) is 400 Å². The van der Waals surface area contributed by atoms with Gasteiger partial charge in [0.2, 0.25) is 0 Å². The first-order valence-corrected chi connectivity index (χ1v) is 37.7. The topological polar surface area (TPSA) is 32.8 Å². The molecule has 0 amide bonds. The summed E-state index contributed by atoms with van der Waals surface area (Å²) in [6.07, 6.45) is 0. The second-order valence-corrected chi connectivity index (χ2v) is 32.3. The lowest BCUT2D eigenvalue weighted by molar-refractivity contribution is 0.590. The van der Waals surface area contributed by atoms with E-state index in [-0.39, 0.29) is 23.0 Å². The number of anilines is 6. The fraction of sp³-hybridized carbons (Fsp3) is 0.118. The van der Waals surface area contributed by atoms with Crippen LogP contribution in [0, 0.1) is 0 Å². The number of fused-ring (bicyclic) bond motifs is 10. The van der Waals surface area contributed by atoms with Crippen LogP contribution in [0.3, 0.4) is 0 Å². The zero-order chi connectivity index (χ0) is 72.6. The number of hydrogen-bond acceptors (Lipinski definition) is 4. The fourth-order valence-electron chi connectivity index (χ4n) is 17.1. The summed E-state index contributed by atoms with van der Waals surface area (Å²) in [7, 11) is 0. The highest BCUT2D eigenvalue weighted by atomic mass is 16.3. The highest BCUT2D eigenvalue weighted by molar-refractivity contribution is 7.00. The summed E-state index contributed by atoms with van der Waals surface area (Å²) >= 11 is 0. The van der Waals surface area contributed by atoms with Gasteiger partial charge in [0, 0.05) is 77.7 Å². The van der Waals surface area contributed by atoms with Gasteiger partial charge in [-0.05, 0) is 166 Å². The van der Waals surface area contributed by atoms with Crippen LogP contribution in [0.15, 0.2) is 336 Å². The molecule has 4 heterocycles. The predicted octanol–water partition coefficient (Wildman–Crippen LogP) is 26.8. The third-order valence-corrected chi connectivity index (χ3v) is 22.5. The van der Waals surface area contributed by atoms with E-state index in [1.54, 1.807) is 0 Å². The van der Waals surface area contributed by atoms with E-state index < -0.39 is 0 Å². The molecule has 0 radical (unpaired) electrons. The molecule has 0 saturated heterocycles. The summed E-state index contributed by atoms with van der Waals surface area (Å²) in [6, 6.07) is 122. The van der Waals surface area contributed by atoms with E-state index in [1.165, 1.54) is 33.1 Å². The second-order valence-electron chi connectivity index (χ2n) is 32.3. The highest BCUT2D eigenvalue weighted by Gasteiger charge is 2.47. The van der Waals surface area contributed by atoms with Gasteiger partial charge in [0.05, 0.1) is 11.4 Å². The molecule has 0 aliphatic carbocycles. The maximum Gasteiger partial charge on any atom is 0.252 e. The average molecular weight is 1380 g/mol. The molecule has 0 bridgehead atoms. The van der Waals surface area contributed by atoms with E-state index in [0.717, 1.165) is 167 Å². The number of benzene rings is 15. The van der Waals surface area contributed by atoms with Crippen LogP contribution in [0.4, 0.5) is 34.1 Å². The third kappa shape index (κ3) is 11.0. The van der Waals surface area contributed by atoms with Crippen LogP contribution in [0.1, 0.15) is 79.0 Å². The van der Waals surface area contributed by atoms with E-state index in [9.17, 15) is 0 Å². The SMILES string of the molecule is CC(C)(C)c1cc(-c2ccccc2)c(N2c3ccc(-c4cccc5c4oc4cccc(-c6ccccc6)c45)cc3B3c4cc(-c5cccc6c5oc5cccc(-c7ccccc7)c56)ccc4N(c4c(-c5ccccc5)cc(C(C)(C)C)cc4-c4ccccc4)c4cc(C(C)(C)C)cc2c43)c(-c2ccccc2)c1. The molecule has 5 heteroatoms. The minimum atomic E-state index is -0.339. The lowest BCUT2D eigenvalue weighted by Gasteiger charge is -2.47. The molecule has 514 valence electrons. The number of furan rings is 2. The van der Waals surface area contributed by atoms with Crippen LogP contribution in [-0.2, 0) is 16.2 Å². The van der Waals surface area contributed by atoms with Crippen molar-refractivity contribution in [1.29, 1.82) is 0 Å². The summed E-state index contributed by atoms with van der Waals surface area (Å²) < 4.78 is 14.5. The summed E-state index contributed by atoms with van der Waals surface area (Å²) in [5, 5.41) is 4.38. The van der Waals surface area contributed by atoms with Crippen molar-refractivity contribution >= 4 is 101 Å².